The molecule has 210 valence electrons. The molecule has 5 aromatic rings. The van der Waals surface area contributed by atoms with E-state index in [4.69, 9.17) is 9.47 Å². The molecule has 0 bridgehead atoms. The minimum Gasteiger partial charge on any atom is -0.457 e. The summed E-state index contributed by atoms with van der Waals surface area (Å²) in [5.41, 5.74) is 6.99. The van der Waals surface area contributed by atoms with Crippen LogP contribution in [0.3, 0.4) is 0 Å². The highest BCUT2D eigenvalue weighted by Crippen LogP contribution is 2.44. The van der Waals surface area contributed by atoms with E-state index in [2.05, 4.69) is 34.6 Å². The summed E-state index contributed by atoms with van der Waals surface area (Å²) < 4.78 is 11.5. The van der Waals surface area contributed by atoms with Gasteiger partial charge >= 0.3 is 12.1 Å². The number of esters is 1. The van der Waals surface area contributed by atoms with Crippen LogP contribution in [0.15, 0.2) is 109 Å². The zero-order chi connectivity index (χ0) is 28.9. The second kappa shape index (κ2) is 12.4. The Labute approximate surface area is 249 Å². The SMILES string of the molecule is Cc1nc([C@H](Cc2ccccc2)NC(=O)OCC2c3ccccc3-c3ccccc32)c(C(=O)OCc2ccccc2)s1. The highest BCUT2D eigenvalue weighted by molar-refractivity contribution is 7.13. The minimum atomic E-state index is -0.590. The number of fused-ring (bicyclic) bond motifs is 3. The number of benzene rings is 4. The van der Waals surface area contributed by atoms with Crippen molar-refractivity contribution < 1.29 is 19.1 Å². The average molecular weight is 575 g/mol. The summed E-state index contributed by atoms with van der Waals surface area (Å²) in [6.07, 6.45) is -0.125. The normalized spacial score (nSPS) is 12.7. The molecule has 1 aliphatic carbocycles. The van der Waals surface area contributed by atoms with Crippen molar-refractivity contribution in [3.8, 4) is 11.1 Å². The maximum absolute atomic E-state index is 13.3. The first-order chi connectivity index (χ1) is 20.6. The average Bonchev–Trinajstić information content (AvgIpc) is 3.57. The molecule has 1 heterocycles. The summed E-state index contributed by atoms with van der Waals surface area (Å²) in [7, 11) is 0. The van der Waals surface area contributed by atoms with E-state index in [1.165, 1.54) is 22.5 Å². The quantitative estimate of drug-likeness (QED) is 0.183. The fourth-order valence-electron chi connectivity index (χ4n) is 5.46. The van der Waals surface area contributed by atoms with E-state index in [1.807, 2.05) is 91.9 Å². The number of ether oxygens (including phenoxy) is 2. The fourth-order valence-corrected chi connectivity index (χ4v) is 6.34. The maximum Gasteiger partial charge on any atom is 0.407 e. The number of nitrogens with zero attached hydrogens (tertiary/aromatic N) is 1. The third-order valence-electron chi connectivity index (χ3n) is 7.41. The number of hydrogen-bond donors (Lipinski definition) is 1. The minimum absolute atomic E-state index is 0.0548. The molecular weight excluding hydrogens is 544 g/mol. The Morgan fingerprint density at radius 2 is 1.36 bits per heavy atom. The summed E-state index contributed by atoms with van der Waals surface area (Å²) in [6.45, 7) is 2.19. The van der Waals surface area contributed by atoms with Gasteiger partial charge < -0.3 is 14.8 Å². The van der Waals surface area contributed by atoms with Crippen molar-refractivity contribution >= 4 is 23.4 Å². The molecule has 1 aliphatic rings. The van der Waals surface area contributed by atoms with Gasteiger partial charge in [0.15, 0.2) is 0 Å². The van der Waals surface area contributed by atoms with Crippen LogP contribution in [0.1, 0.15) is 54.6 Å². The Morgan fingerprint density at radius 1 is 0.786 bits per heavy atom. The Morgan fingerprint density at radius 3 is 2.00 bits per heavy atom. The number of aromatic nitrogens is 1. The number of rotatable bonds is 9. The first-order valence-electron chi connectivity index (χ1n) is 13.9. The van der Waals surface area contributed by atoms with E-state index in [0.29, 0.717) is 22.0 Å². The number of hydrogen-bond acceptors (Lipinski definition) is 6. The summed E-state index contributed by atoms with van der Waals surface area (Å²) in [5.74, 6) is -0.521. The molecule has 6 nitrogen and oxygen atoms in total. The molecule has 7 heteroatoms. The van der Waals surface area contributed by atoms with Gasteiger partial charge in [-0.3, -0.25) is 0 Å². The number of amides is 1. The zero-order valence-corrected chi connectivity index (χ0v) is 24.0. The zero-order valence-electron chi connectivity index (χ0n) is 23.2. The molecule has 42 heavy (non-hydrogen) atoms. The largest absolute Gasteiger partial charge is 0.457 e. The Bertz CT molecular complexity index is 1660. The summed E-state index contributed by atoms with van der Waals surface area (Å²) in [5, 5.41) is 3.72. The lowest BCUT2D eigenvalue weighted by Crippen LogP contribution is -2.32. The maximum atomic E-state index is 13.3. The van der Waals surface area contributed by atoms with Gasteiger partial charge in [-0.1, -0.05) is 109 Å². The lowest BCUT2D eigenvalue weighted by atomic mass is 9.98. The predicted octanol–water partition coefficient (Wildman–Crippen LogP) is 7.63. The number of carbonyl (C=O) groups is 2. The standard InChI is InChI=1S/C35H30N2O4S/c1-23-36-32(33(42-23)34(38)40-21-25-14-6-3-7-15-25)31(20-24-12-4-2-5-13-24)37-35(39)41-22-30-28-18-10-8-16-26(28)27-17-9-11-19-29(27)30/h2-19,30-31H,20-22H2,1H3,(H,37,39)/t31-/m0/s1. The van der Waals surface area contributed by atoms with Crippen LogP contribution in [0.2, 0.25) is 0 Å². The van der Waals surface area contributed by atoms with Crippen molar-refractivity contribution in [3.05, 3.63) is 147 Å². The molecule has 6 rings (SSSR count). The van der Waals surface area contributed by atoms with Crippen LogP contribution in [0, 0.1) is 6.92 Å². The van der Waals surface area contributed by atoms with E-state index in [-0.39, 0.29) is 19.1 Å². The van der Waals surface area contributed by atoms with Gasteiger partial charge in [-0.05, 0) is 46.7 Å². The van der Waals surface area contributed by atoms with E-state index < -0.39 is 18.1 Å². The van der Waals surface area contributed by atoms with Crippen LogP contribution in [-0.2, 0) is 22.5 Å². The predicted molar refractivity (Wildman–Crippen MR) is 164 cm³/mol. The van der Waals surface area contributed by atoms with Crippen LogP contribution in [0.5, 0.6) is 0 Å². The first-order valence-corrected chi connectivity index (χ1v) is 14.7. The molecule has 0 radical (unpaired) electrons. The molecule has 0 spiro atoms. The van der Waals surface area contributed by atoms with E-state index in [9.17, 15) is 9.59 Å². The van der Waals surface area contributed by atoms with Crippen molar-refractivity contribution in [1.29, 1.82) is 0 Å². The molecule has 0 saturated heterocycles. The molecule has 4 aromatic carbocycles. The Kier molecular flexibility index (Phi) is 8.10. The summed E-state index contributed by atoms with van der Waals surface area (Å²) in [6, 6.07) is 35.2. The lowest BCUT2D eigenvalue weighted by molar-refractivity contribution is 0.0475. The topological polar surface area (TPSA) is 77.5 Å². The van der Waals surface area contributed by atoms with Gasteiger partial charge in [-0.2, -0.15) is 0 Å². The van der Waals surface area contributed by atoms with Crippen molar-refractivity contribution in [2.45, 2.75) is 31.9 Å². The second-order valence-electron chi connectivity index (χ2n) is 10.2. The molecule has 0 aliphatic heterocycles. The molecule has 0 fully saturated rings. The highest BCUT2D eigenvalue weighted by Gasteiger charge is 2.31. The van der Waals surface area contributed by atoms with Crippen molar-refractivity contribution in [2.24, 2.45) is 0 Å². The van der Waals surface area contributed by atoms with Crippen LogP contribution >= 0.6 is 11.3 Å². The van der Waals surface area contributed by atoms with E-state index >= 15 is 0 Å². The third kappa shape index (κ3) is 5.97. The lowest BCUT2D eigenvalue weighted by Gasteiger charge is -2.20. The number of alkyl carbamates (subject to hydrolysis) is 1. The molecule has 1 N–H and O–H groups in total. The monoisotopic (exact) mass is 574 g/mol. The van der Waals surface area contributed by atoms with Crippen LogP contribution in [-0.4, -0.2) is 23.7 Å². The number of nitrogens with one attached hydrogen (secondary N) is 1. The highest BCUT2D eigenvalue weighted by atomic mass is 32.1. The molecule has 1 atom stereocenters. The van der Waals surface area contributed by atoms with Gasteiger partial charge in [-0.15, -0.1) is 11.3 Å². The van der Waals surface area contributed by atoms with Crippen molar-refractivity contribution in [2.75, 3.05) is 6.61 Å². The summed E-state index contributed by atoms with van der Waals surface area (Å²) in [4.78, 5) is 31.6. The number of aryl methyl sites for hydroxylation is 1. The molecule has 0 unspecified atom stereocenters. The van der Waals surface area contributed by atoms with Crippen molar-refractivity contribution in [1.82, 2.24) is 10.3 Å². The third-order valence-corrected chi connectivity index (χ3v) is 8.37. The number of carbonyl (C=O) groups excluding carboxylic acids is 2. The van der Waals surface area contributed by atoms with E-state index in [1.54, 1.807) is 0 Å². The van der Waals surface area contributed by atoms with Crippen LogP contribution in [0.25, 0.3) is 11.1 Å². The Balaban J connectivity index is 1.21. The van der Waals surface area contributed by atoms with Crippen LogP contribution in [0.4, 0.5) is 4.79 Å². The van der Waals surface area contributed by atoms with Gasteiger partial charge in [0, 0.05) is 5.92 Å². The summed E-state index contributed by atoms with van der Waals surface area (Å²) >= 11 is 1.26. The van der Waals surface area contributed by atoms with Gasteiger partial charge in [0.2, 0.25) is 0 Å². The molecule has 0 saturated carbocycles. The van der Waals surface area contributed by atoms with Gasteiger partial charge in [-0.25, -0.2) is 14.6 Å². The van der Waals surface area contributed by atoms with Crippen LogP contribution < -0.4 is 5.32 Å². The smallest absolute Gasteiger partial charge is 0.407 e. The van der Waals surface area contributed by atoms with Gasteiger partial charge in [0.1, 0.15) is 18.1 Å². The fraction of sp³-hybridized carbons (Fsp3) is 0.171. The Hall–Kier alpha value is -4.75. The molecule has 1 amide bonds. The van der Waals surface area contributed by atoms with Gasteiger partial charge in [0.05, 0.1) is 16.7 Å². The second-order valence-corrected chi connectivity index (χ2v) is 11.4. The molecular formula is C35H30N2O4S. The van der Waals surface area contributed by atoms with E-state index in [0.717, 1.165) is 22.3 Å². The van der Waals surface area contributed by atoms with Gasteiger partial charge in [0.25, 0.3) is 0 Å². The number of thiazole rings is 1. The first kappa shape index (κ1) is 27.4. The van der Waals surface area contributed by atoms with Crippen molar-refractivity contribution in [3.63, 3.8) is 0 Å². The molecule has 1 aromatic heterocycles.